The molecule has 29 heavy (non-hydrogen) atoms. The van der Waals surface area contributed by atoms with Gasteiger partial charge in [-0.2, -0.15) is 10.1 Å². The van der Waals surface area contributed by atoms with Gasteiger partial charge in [0.25, 0.3) is 5.56 Å². The predicted octanol–water partition coefficient (Wildman–Crippen LogP) is 1.07. The number of benzene rings is 1. The van der Waals surface area contributed by atoms with Gasteiger partial charge in [-0.3, -0.25) is 9.78 Å². The van der Waals surface area contributed by atoms with Crippen LogP contribution in [0.1, 0.15) is 15.9 Å². The molecule has 0 aliphatic heterocycles. The molecule has 0 unspecified atom stereocenters. The van der Waals surface area contributed by atoms with Gasteiger partial charge in [-0.05, 0) is 17.7 Å². The molecule has 11 heteroatoms. The average Bonchev–Trinajstić information content (AvgIpc) is 3.35. The van der Waals surface area contributed by atoms with Crippen molar-refractivity contribution in [3.8, 4) is 17.4 Å². The highest BCUT2D eigenvalue weighted by Crippen LogP contribution is 2.23. The highest BCUT2D eigenvalue weighted by molar-refractivity contribution is 5.86. The number of carboxylic acids is 1. The summed E-state index contributed by atoms with van der Waals surface area (Å²) >= 11 is 0. The summed E-state index contributed by atoms with van der Waals surface area (Å²) < 4.78 is 13.4. The van der Waals surface area contributed by atoms with E-state index in [0.29, 0.717) is 18.0 Å². The molecule has 1 aromatic carbocycles. The van der Waals surface area contributed by atoms with Crippen LogP contribution in [0.3, 0.4) is 0 Å². The zero-order valence-corrected chi connectivity index (χ0v) is 15.5. The Bertz CT molecular complexity index is 1250. The minimum atomic E-state index is -1.13. The molecule has 0 saturated carbocycles. The lowest BCUT2D eigenvalue weighted by molar-refractivity contribution is 0.0697. The first-order valence-electron chi connectivity index (χ1n) is 8.44. The van der Waals surface area contributed by atoms with Crippen molar-refractivity contribution in [3.05, 3.63) is 58.4 Å². The summed E-state index contributed by atoms with van der Waals surface area (Å²) in [5.74, 6) is 0.206. The van der Waals surface area contributed by atoms with Crippen LogP contribution in [0.25, 0.3) is 17.1 Å². The number of aromatic carboxylic acids is 1. The third-order valence-corrected chi connectivity index (χ3v) is 4.28. The SMILES string of the molecule is COc1cc(Cn2cnc3nc(-n4cc(C(=O)O)cn4)[nH]c(=O)c32)cc(OC)c1. The van der Waals surface area contributed by atoms with Crippen LogP contribution >= 0.6 is 0 Å². The Morgan fingerprint density at radius 1 is 1.21 bits per heavy atom. The van der Waals surface area contributed by atoms with E-state index in [9.17, 15) is 9.59 Å². The van der Waals surface area contributed by atoms with Crippen LogP contribution in [0.5, 0.6) is 11.5 Å². The Balaban J connectivity index is 1.73. The first kappa shape index (κ1) is 18.2. The second-order valence-corrected chi connectivity index (χ2v) is 6.13. The molecule has 0 saturated heterocycles. The van der Waals surface area contributed by atoms with Crippen LogP contribution in [0, 0.1) is 0 Å². The summed E-state index contributed by atoms with van der Waals surface area (Å²) in [5.41, 5.74) is 0.893. The first-order valence-corrected chi connectivity index (χ1v) is 8.44. The molecule has 0 aliphatic rings. The molecule has 0 aliphatic carbocycles. The standard InChI is InChI=1S/C18H16N6O5/c1-28-12-3-10(4-13(5-12)29-2)7-23-9-19-15-14(23)16(25)22-18(21-15)24-8-11(6-20-24)17(26)27/h3-6,8-9H,7H2,1-2H3,(H,26,27)(H,21,22,25). The van der Waals surface area contributed by atoms with Gasteiger partial charge in [0.15, 0.2) is 11.2 Å². The van der Waals surface area contributed by atoms with Crippen molar-refractivity contribution in [3.63, 3.8) is 0 Å². The number of rotatable bonds is 6. The van der Waals surface area contributed by atoms with E-state index in [2.05, 4.69) is 20.1 Å². The topological polar surface area (TPSA) is 137 Å². The lowest BCUT2D eigenvalue weighted by atomic mass is 10.2. The van der Waals surface area contributed by atoms with Crippen LogP contribution in [0.15, 0.2) is 41.7 Å². The minimum absolute atomic E-state index is 0.0229. The summed E-state index contributed by atoms with van der Waals surface area (Å²) in [6.45, 7) is 0.346. The van der Waals surface area contributed by atoms with Crippen LogP contribution in [-0.2, 0) is 6.54 Å². The van der Waals surface area contributed by atoms with Gasteiger partial charge in [0.05, 0.1) is 32.3 Å². The number of imidazole rings is 1. The normalized spacial score (nSPS) is 11.0. The van der Waals surface area contributed by atoms with Crippen molar-refractivity contribution < 1.29 is 19.4 Å². The van der Waals surface area contributed by atoms with Crippen LogP contribution < -0.4 is 15.0 Å². The third kappa shape index (κ3) is 3.40. The first-order chi connectivity index (χ1) is 14.0. The van der Waals surface area contributed by atoms with E-state index in [-0.39, 0.29) is 22.7 Å². The summed E-state index contributed by atoms with van der Waals surface area (Å²) in [7, 11) is 3.12. The molecule has 0 amide bonds. The van der Waals surface area contributed by atoms with Crippen molar-refractivity contribution in [2.24, 2.45) is 0 Å². The van der Waals surface area contributed by atoms with Gasteiger partial charge in [0, 0.05) is 18.8 Å². The van der Waals surface area contributed by atoms with Gasteiger partial charge in [-0.25, -0.2) is 14.5 Å². The van der Waals surface area contributed by atoms with Gasteiger partial charge < -0.3 is 19.1 Å². The number of aromatic amines is 1. The van der Waals surface area contributed by atoms with Crippen molar-refractivity contribution in [1.29, 1.82) is 0 Å². The number of hydrogen-bond acceptors (Lipinski definition) is 7. The van der Waals surface area contributed by atoms with Crippen molar-refractivity contribution in [2.75, 3.05) is 14.2 Å². The fourth-order valence-electron chi connectivity index (χ4n) is 2.91. The number of methoxy groups -OCH3 is 2. The van der Waals surface area contributed by atoms with Gasteiger partial charge in [-0.1, -0.05) is 0 Å². The highest BCUT2D eigenvalue weighted by atomic mass is 16.5. The number of carboxylic acid groups (broad SMARTS) is 1. The summed E-state index contributed by atoms with van der Waals surface area (Å²) in [4.78, 5) is 34.8. The quantitative estimate of drug-likeness (QED) is 0.494. The molecule has 0 radical (unpaired) electrons. The number of carbonyl (C=O) groups is 1. The van der Waals surface area contributed by atoms with Gasteiger partial charge in [0.1, 0.15) is 11.5 Å². The van der Waals surface area contributed by atoms with Crippen LogP contribution in [0.4, 0.5) is 0 Å². The fourth-order valence-corrected chi connectivity index (χ4v) is 2.91. The number of aromatic nitrogens is 6. The number of nitrogens with one attached hydrogen (secondary N) is 1. The van der Waals surface area contributed by atoms with Crippen molar-refractivity contribution >= 4 is 17.1 Å². The Kier molecular flexibility index (Phi) is 4.47. The largest absolute Gasteiger partial charge is 0.497 e. The summed E-state index contributed by atoms with van der Waals surface area (Å²) in [5, 5.41) is 12.9. The number of ether oxygens (including phenoxy) is 2. The molecular weight excluding hydrogens is 380 g/mol. The van der Waals surface area contributed by atoms with Crippen molar-refractivity contribution in [2.45, 2.75) is 6.54 Å². The van der Waals surface area contributed by atoms with E-state index in [1.54, 1.807) is 24.9 Å². The second kappa shape index (κ2) is 7.11. The molecule has 4 rings (SSSR count). The van der Waals surface area contributed by atoms with Gasteiger partial charge in [-0.15, -0.1) is 0 Å². The van der Waals surface area contributed by atoms with Crippen LogP contribution in [-0.4, -0.2) is 54.6 Å². The number of nitrogens with zero attached hydrogens (tertiary/aromatic N) is 5. The molecule has 148 valence electrons. The lowest BCUT2D eigenvalue weighted by Crippen LogP contribution is -2.16. The van der Waals surface area contributed by atoms with E-state index in [4.69, 9.17) is 14.6 Å². The van der Waals surface area contributed by atoms with E-state index in [1.165, 1.54) is 23.4 Å². The van der Waals surface area contributed by atoms with Gasteiger partial charge >= 0.3 is 5.97 Å². The Hall–Kier alpha value is -4.15. The fraction of sp³-hybridized carbons (Fsp3) is 0.167. The molecule has 3 aromatic heterocycles. The van der Waals surface area contributed by atoms with Gasteiger partial charge in [0.2, 0.25) is 5.95 Å². The molecule has 0 fully saturated rings. The van der Waals surface area contributed by atoms with E-state index in [1.807, 2.05) is 12.1 Å². The maximum atomic E-state index is 12.7. The number of fused-ring (bicyclic) bond motifs is 1. The number of hydrogen-bond donors (Lipinski definition) is 2. The van der Waals surface area contributed by atoms with Crippen LogP contribution in [0.2, 0.25) is 0 Å². The molecule has 0 spiro atoms. The van der Waals surface area contributed by atoms with E-state index in [0.717, 1.165) is 5.56 Å². The Morgan fingerprint density at radius 3 is 2.55 bits per heavy atom. The van der Waals surface area contributed by atoms with Crippen molar-refractivity contribution in [1.82, 2.24) is 29.3 Å². The third-order valence-electron chi connectivity index (χ3n) is 4.28. The zero-order valence-electron chi connectivity index (χ0n) is 15.5. The predicted molar refractivity (Wildman–Crippen MR) is 101 cm³/mol. The van der Waals surface area contributed by atoms with E-state index < -0.39 is 11.5 Å². The number of H-pyrrole nitrogens is 1. The smallest absolute Gasteiger partial charge is 0.338 e. The molecule has 2 N–H and O–H groups in total. The maximum Gasteiger partial charge on any atom is 0.338 e. The Morgan fingerprint density at radius 2 is 1.93 bits per heavy atom. The molecule has 4 aromatic rings. The lowest BCUT2D eigenvalue weighted by Gasteiger charge is -2.09. The molecule has 0 bridgehead atoms. The average molecular weight is 396 g/mol. The zero-order chi connectivity index (χ0) is 20.5. The monoisotopic (exact) mass is 396 g/mol. The molecule has 3 heterocycles. The molecular formula is C18H16N6O5. The summed E-state index contributed by atoms with van der Waals surface area (Å²) in [6, 6.07) is 5.43. The molecule has 11 nitrogen and oxygen atoms in total. The van der Waals surface area contributed by atoms with E-state index >= 15 is 0 Å². The maximum absolute atomic E-state index is 12.7. The minimum Gasteiger partial charge on any atom is -0.497 e. The highest BCUT2D eigenvalue weighted by Gasteiger charge is 2.14. The summed E-state index contributed by atoms with van der Waals surface area (Å²) in [6.07, 6.45) is 3.93. The molecule has 0 atom stereocenters. The second-order valence-electron chi connectivity index (χ2n) is 6.13. The Labute approximate surface area is 163 Å².